The molecular formula is C12H23NO5S. The summed E-state index contributed by atoms with van der Waals surface area (Å²) in [6.45, 7) is 7.13. The van der Waals surface area contributed by atoms with Crippen molar-refractivity contribution in [2.75, 3.05) is 11.5 Å². The lowest BCUT2D eigenvalue weighted by Gasteiger charge is -2.24. The summed E-state index contributed by atoms with van der Waals surface area (Å²) in [7, 11) is 0. The first kappa shape index (κ1) is 18.0. The third kappa shape index (κ3) is 8.72. The number of carbonyl (C=O) groups excluding carboxylic acids is 1. The molecule has 0 aliphatic carbocycles. The summed E-state index contributed by atoms with van der Waals surface area (Å²) in [6, 6.07) is -0.871. The van der Waals surface area contributed by atoms with E-state index in [1.807, 2.05) is 6.92 Å². The predicted molar refractivity (Wildman–Crippen MR) is 74.4 cm³/mol. The molecular weight excluding hydrogens is 270 g/mol. The first-order valence-corrected chi connectivity index (χ1v) is 7.31. The molecule has 1 unspecified atom stereocenters. The Kier molecular flexibility index (Phi) is 7.85. The van der Waals surface area contributed by atoms with Crippen molar-refractivity contribution in [1.82, 2.24) is 5.32 Å². The van der Waals surface area contributed by atoms with Gasteiger partial charge in [0.25, 0.3) is 0 Å². The normalized spacial score (nSPS) is 14.6. The van der Waals surface area contributed by atoms with Gasteiger partial charge in [-0.3, -0.25) is 0 Å². The molecule has 19 heavy (non-hydrogen) atoms. The molecule has 3 N–H and O–H groups in total. The van der Waals surface area contributed by atoms with Crippen LogP contribution in [0.4, 0.5) is 4.79 Å². The van der Waals surface area contributed by atoms with Crippen LogP contribution in [0.15, 0.2) is 0 Å². The van der Waals surface area contributed by atoms with Crippen molar-refractivity contribution in [3.63, 3.8) is 0 Å². The van der Waals surface area contributed by atoms with Gasteiger partial charge in [-0.1, -0.05) is 6.92 Å². The number of carbonyl (C=O) groups is 2. The summed E-state index contributed by atoms with van der Waals surface area (Å²) in [5.74, 6) is -0.211. The van der Waals surface area contributed by atoms with Gasteiger partial charge in [-0.05, 0) is 32.9 Å². The first-order chi connectivity index (χ1) is 8.67. The Hall–Kier alpha value is -0.950. The highest BCUT2D eigenvalue weighted by atomic mass is 32.2. The number of carboxylic acid groups (broad SMARTS) is 1. The van der Waals surface area contributed by atoms with Crippen LogP contribution in [0.25, 0.3) is 0 Å². The lowest BCUT2D eigenvalue weighted by molar-refractivity contribution is -0.147. The molecule has 7 heteroatoms. The maximum atomic E-state index is 11.6. The molecule has 0 aliphatic rings. The van der Waals surface area contributed by atoms with E-state index in [1.54, 1.807) is 20.8 Å². The largest absolute Gasteiger partial charge is 0.479 e. The Morgan fingerprint density at radius 3 is 2.37 bits per heavy atom. The van der Waals surface area contributed by atoms with Gasteiger partial charge in [0.1, 0.15) is 5.60 Å². The topological polar surface area (TPSA) is 95.9 Å². The van der Waals surface area contributed by atoms with Gasteiger partial charge in [0, 0.05) is 5.75 Å². The fourth-order valence-corrected chi connectivity index (χ4v) is 2.17. The summed E-state index contributed by atoms with van der Waals surface area (Å²) in [5, 5.41) is 20.8. The molecule has 0 rings (SSSR count). The fraction of sp³-hybridized carbons (Fsp3) is 0.833. The van der Waals surface area contributed by atoms with Crippen LogP contribution in [0.3, 0.4) is 0 Å². The van der Waals surface area contributed by atoms with Gasteiger partial charge in [-0.2, -0.15) is 11.8 Å². The molecule has 0 aromatic rings. The Morgan fingerprint density at radius 2 is 1.95 bits per heavy atom. The van der Waals surface area contributed by atoms with E-state index in [0.29, 0.717) is 5.75 Å². The first-order valence-electron chi connectivity index (χ1n) is 6.15. The zero-order valence-electron chi connectivity index (χ0n) is 11.8. The number of aliphatic carboxylic acids is 1. The van der Waals surface area contributed by atoms with Crippen LogP contribution in [0.1, 0.15) is 34.1 Å². The van der Waals surface area contributed by atoms with Crippen molar-refractivity contribution >= 4 is 23.8 Å². The Balaban J connectivity index is 4.48. The molecule has 1 amide bonds. The van der Waals surface area contributed by atoms with E-state index in [2.05, 4.69) is 5.32 Å². The van der Waals surface area contributed by atoms with Crippen LogP contribution in [0.2, 0.25) is 0 Å². The fourth-order valence-electron chi connectivity index (χ4n) is 1.20. The molecule has 0 heterocycles. The van der Waals surface area contributed by atoms with Crippen molar-refractivity contribution in [3.8, 4) is 0 Å². The summed E-state index contributed by atoms with van der Waals surface area (Å²) in [6.07, 6.45) is -1.43. The van der Waals surface area contributed by atoms with Crippen molar-refractivity contribution in [2.45, 2.75) is 51.9 Å². The number of rotatable bonds is 7. The van der Waals surface area contributed by atoms with Crippen molar-refractivity contribution in [1.29, 1.82) is 0 Å². The average molecular weight is 293 g/mol. The summed E-state index contributed by atoms with van der Waals surface area (Å²) in [5.41, 5.74) is -0.667. The lowest BCUT2D eigenvalue weighted by Crippen LogP contribution is -2.49. The molecule has 0 spiro atoms. The number of nitrogens with one attached hydrogen (secondary N) is 1. The summed E-state index contributed by atoms with van der Waals surface area (Å²) >= 11 is 1.47. The molecule has 0 aromatic heterocycles. The molecule has 0 saturated carbocycles. The highest BCUT2D eigenvalue weighted by Crippen LogP contribution is 2.11. The molecule has 0 radical (unpaired) electrons. The minimum Gasteiger partial charge on any atom is -0.479 e. The second-order valence-corrected chi connectivity index (χ2v) is 6.26. The summed E-state index contributed by atoms with van der Waals surface area (Å²) < 4.78 is 5.04. The van der Waals surface area contributed by atoms with E-state index in [1.165, 1.54) is 11.8 Å². The molecule has 0 aromatic carbocycles. The van der Waals surface area contributed by atoms with Gasteiger partial charge >= 0.3 is 12.1 Å². The molecule has 0 bridgehead atoms. The number of hydrogen-bond donors (Lipinski definition) is 3. The molecule has 112 valence electrons. The number of amides is 1. The van der Waals surface area contributed by atoms with Crippen LogP contribution in [-0.2, 0) is 9.53 Å². The van der Waals surface area contributed by atoms with E-state index in [9.17, 15) is 14.7 Å². The van der Waals surface area contributed by atoms with E-state index in [-0.39, 0.29) is 0 Å². The number of carboxylic acids is 1. The van der Waals surface area contributed by atoms with Gasteiger partial charge in [0.2, 0.25) is 0 Å². The van der Waals surface area contributed by atoms with Gasteiger partial charge < -0.3 is 20.3 Å². The van der Waals surface area contributed by atoms with Crippen LogP contribution >= 0.6 is 11.8 Å². The SMILES string of the molecule is CCCSC[C@H](NC(=O)OC(C)(C)C)C(O)C(=O)O. The number of ether oxygens (including phenoxy) is 1. The van der Waals surface area contributed by atoms with Crippen LogP contribution in [0.5, 0.6) is 0 Å². The Labute approximate surface area is 117 Å². The molecule has 6 nitrogen and oxygen atoms in total. The molecule has 0 fully saturated rings. The quantitative estimate of drug-likeness (QED) is 0.615. The maximum absolute atomic E-state index is 11.6. The number of thioether (sulfide) groups is 1. The van der Waals surface area contributed by atoms with E-state index >= 15 is 0 Å². The highest BCUT2D eigenvalue weighted by Gasteiger charge is 2.28. The van der Waals surface area contributed by atoms with E-state index < -0.39 is 29.8 Å². The van der Waals surface area contributed by atoms with Crippen molar-refractivity contribution in [3.05, 3.63) is 0 Å². The van der Waals surface area contributed by atoms with Crippen molar-refractivity contribution in [2.24, 2.45) is 0 Å². The smallest absolute Gasteiger partial charge is 0.408 e. The highest BCUT2D eigenvalue weighted by molar-refractivity contribution is 7.99. The zero-order valence-corrected chi connectivity index (χ0v) is 12.6. The van der Waals surface area contributed by atoms with Gasteiger partial charge in [0.05, 0.1) is 6.04 Å². The minimum atomic E-state index is -1.64. The number of aliphatic hydroxyl groups excluding tert-OH is 1. The van der Waals surface area contributed by atoms with Crippen LogP contribution < -0.4 is 5.32 Å². The second-order valence-electron chi connectivity index (χ2n) is 5.11. The maximum Gasteiger partial charge on any atom is 0.408 e. The lowest BCUT2D eigenvalue weighted by atomic mass is 10.2. The molecule has 2 atom stereocenters. The van der Waals surface area contributed by atoms with E-state index in [4.69, 9.17) is 9.84 Å². The Bertz CT molecular complexity index is 303. The third-order valence-electron chi connectivity index (χ3n) is 1.98. The van der Waals surface area contributed by atoms with E-state index in [0.717, 1.165) is 12.2 Å². The number of alkyl carbamates (subject to hydrolysis) is 1. The number of aliphatic hydroxyl groups is 1. The van der Waals surface area contributed by atoms with Gasteiger partial charge in [0.15, 0.2) is 6.10 Å². The minimum absolute atomic E-state index is 0.320. The van der Waals surface area contributed by atoms with Crippen LogP contribution in [-0.4, -0.2) is 51.5 Å². The standard InChI is InChI=1S/C12H23NO5S/c1-5-6-19-7-8(9(14)10(15)16)13-11(17)18-12(2,3)4/h8-9,14H,5-7H2,1-4H3,(H,13,17)(H,15,16)/t8-,9?/m0/s1. The summed E-state index contributed by atoms with van der Waals surface area (Å²) in [4.78, 5) is 22.4. The average Bonchev–Trinajstić information content (AvgIpc) is 2.24. The van der Waals surface area contributed by atoms with Crippen molar-refractivity contribution < 1.29 is 24.5 Å². The van der Waals surface area contributed by atoms with Crippen LogP contribution in [0, 0.1) is 0 Å². The zero-order chi connectivity index (χ0) is 15.1. The molecule has 0 aliphatic heterocycles. The Morgan fingerprint density at radius 1 is 1.37 bits per heavy atom. The third-order valence-corrected chi connectivity index (χ3v) is 3.27. The van der Waals surface area contributed by atoms with Gasteiger partial charge in [-0.25, -0.2) is 9.59 Å². The number of hydrogen-bond acceptors (Lipinski definition) is 5. The predicted octanol–water partition coefficient (Wildman–Crippen LogP) is 1.47. The second kappa shape index (κ2) is 8.27. The molecule has 0 saturated heterocycles. The van der Waals surface area contributed by atoms with Gasteiger partial charge in [-0.15, -0.1) is 0 Å². The monoisotopic (exact) mass is 293 g/mol.